The molecule has 0 atom stereocenters. The molecule has 0 aromatic carbocycles. The monoisotopic (exact) mass is 376 g/mol. The molecular formula is C20H32N4O3. The van der Waals surface area contributed by atoms with Crippen LogP contribution in [0.3, 0.4) is 0 Å². The molecule has 1 aromatic heterocycles. The summed E-state index contributed by atoms with van der Waals surface area (Å²) < 4.78 is 7.28. The summed E-state index contributed by atoms with van der Waals surface area (Å²) in [4.78, 5) is 27.0. The number of ether oxygens (including phenoxy) is 1. The molecule has 1 aliphatic heterocycles. The number of rotatable bonds is 2. The van der Waals surface area contributed by atoms with Gasteiger partial charge < -0.3 is 15.0 Å². The Balaban J connectivity index is 1.73. The van der Waals surface area contributed by atoms with Crippen molar-refractivity contribution in [3.8, 4) is 0 Å². The van der Waals surface area contributed by atoms with Gasteiger partial charge in [-0.3, -0.25) is 9.48 Å². The first-order valence-electron chi connectivity index (χ1n) is 10.1. The zero-order chi connectivity index (χ0) is 19.6. The molecule has 27 heavy (non-hydrogen) atoms. The molecular weight excluding hydrogens is 344 g/mol. The zero-order valence-electron chi connectivity index (χ0n) is 17.0. The van der Waals surface area contributed by atoms with Crippen molar-refractivity contribution >= 4 is 12.0 Å². The standard InChI is InChI=1S/C20H32N4O3/c1-20(2,3)27-19(26)24-12-11-16-15(13-24)17(22-23(16)4)18(25)21-14-9-7-5-6-8-10-14/h14H,5-13H2,1-4H3,(H,21,25). The van der Waals surface area contributed by atoms with Crippen molar-refractivity contribution in [2.24, 2.45) is 7.05 Å². The summed E-state index contributed by atoms with van der Waals surface area (Å²) in [7, 11) is 1.87. The largest absolute Gasteiger partial charge is 0.444 e. The molecule has 0 saturated heterocycles. The molecule has 0 spiro atoms. The molecule has 0 unspecified atom stereocenters. The van der Waals surface area contributed by atoms with E-state index in [9.17, 15) is 9.59 Å². The molecule has 1 aliphatic carbocycles. The molecule has 7 heteroatoms. The van der Waals surface area contributed by atoms with Crippen LogP contribution in [0.15, 0.2) is 0 Å². The highest BCUT2D eigenvalue weighted by molar-refractivity contribution is 5.94. The van der Waals surface area contributed by atoms with E-state index in [0.717, 1.165) is 36.9 Å². The van der Waals surface area contributed by atoms with Crippen molar-refractivity contribution in [2.45, 2.75) is 83.9 Å². The second-order valence-corrected chi connectivity index (χ2v) is 8.71. The predicted octanol–water partition coefficient (Wildman–Crippen LogP) is 3.17. The Kier molecular flexibility index (Phi) is 5.77. The molecule has 1 N–H and O–H groups in total. The normalized spacial score (nSPS) is 18.6. The maximum atomic E-state index is 12.9. The van der Waals surface area contributed by atoms with E-state index in [4.69, 9.17) is 4.74 Å². The minimum Gasteiger partial charge on any atom is -0.444 e. The van der Waals surface area contributed by atoms with Crippen molar-refractivity contribution in [3.63, 3.8) is 0 Å². The van der Waals surface area contributed by atoms with Crippen LogP contribution in [0.5, 0.6) is 0 Å². The highest BCUT2D eigenvalue weighted by Gasteiger charge is 2.32. The van der Waals surface area contributed by atoms with Gasteiger partial charge in [-0.05, 0) is 33.6 Å². The molecule has 2 amide bonds. The number of hydrogen-bond acceptors (Lipinski definition) is 4. The first-order chi connectivity index (χ1) is 12.7. The van der Waals surface area contributed by atoms with E-state index in [1.165, 1.54) is 12.8 Å². The fourth-order valence-electron chi connectivity index (χ4n) is 3.93. The van der Waals surface area contributed by atoms with Crippen LogP contribution >= 0.6 is 0 Å². The van der Waals surface area contributed by atoms with Crippen molar-refractivity contribution in [1.29, 1.82) is 0 Å². The summed E-state index contributed by atoms with van der Waals surface area (Å²) in [5, 5.41) is 7.65. The minimum absolute atomic E-state index is 0.121. The van der Waals surface area contributed by atoms with Gasteiger partial charge in [-0.2, -0.15) is 5.10 Å². The van der Waals surface area contributed by atoms with E-state index in [0.29, 0.717) is 25.2 Å². The van der Waals surface area contributed by atoms with Crippen molar-refractivity contribution < 1.29 is 14.3 Å². The lowest BCUT2D eigenvalue weighted by Gasteiger charge is -2.30. The minimum atomic E-state index is -0.536. The van der Waals surface area contributed by atoms with E-state index in [2.05, 4.69) is 10.4 Å². The highest BCUT2D eigenvalue weighted by Crippen LogP contribution is 2.24. The topological polar surface area (TPSA) is 76.5 Å². The van der Waals surface area contributed by atoms with Crippen molar-refractivity contribution in [2.75, 3.05) is 6.54 Å². The van der Waals surface area contributed by atoms with Gasteiger partial charge in [0.05, 0.1) is 6.54 Å². The number of aromatic nitrogens is 2. The van der Waals surface area contributed by atoms with Crippen molar-refractivity contribution in [1.82, 2.24) is 20.0 Å². The first-order valence-corrected chi connectivity index (χ1v) is 10.1. The third-order valence-electron chi connectivity index (χ3n) is 5.30. The summed E-state index contributed by atoms with van der Waals surface area (Å²) in [5.41, 5.74) is 1.79. The van der Waals surface area contributed by atoms with Gasteiger partial charge in [-0.15, -0.1) is 0 Å². The van der Waals surface area contributed by atoms with Gasteiger partial charge in [0.2, 0.25) is 0 Å². The molecule has 1 saturated carbocycles. The molecule has 0 bridgehead atoms. The van der Waals surface area contributed by atoms with Gasteiger partial charge in [0.15, 0.2) is 5.69 Å². The maximum Gasteiger partial charge on any atom is 0.410 e. The van der Waals surface area contributed by atoms with Crippen LogP contribution in [0.4, 0.5) is 4.79 Å². The number of hydrogen-bond donors (Lipinski definition) is 1. The number of nitrogens with zero attached hydrogens (tertiary/aromatic N) is 3. The van der Waals surface area contributed by atoms with Crippen LogP contribution in [-0.4, -0.2) is 44.9 Å². The molecule has 1 aromatic rings. The van der Waals surface area contributed by atoms with Gasteiger partial charge in [-0.1, -0.05) is 25.7 Å². The number of nitrogens with one attached hydrogen (secondary N) is 1. The molecule has 3 rings (SSSR count). The SMILES string of the molecule is Cn1nc(C(=O)NC2CCCCCC2)c2c1CCN(C(=O)OC(C)(C)C)C2. The Morgan fingerprint density at radius 1 is 1.15 bits per heavy atom. The molecule has 150 valence electrons. The summed E-state index contributed by atoms with van der Waals surface area (Å²) in [6, 6.07) is 0.225. The van der Waals surface area contributed by atoms with Crippen LogP contribution in [0, 0.1) is 0 Å². The van der Waals surface area contributed by atoms with Gasteiger partial charge in [0.25, 0.3) is 5.91 Å². The third kappa shape index (κ3) is 4.82. The molecule has 7 nitrogen and oxygen atoms in total. The maximum absolute atomic E-state index is 12.9. The molecule has 1 fully saturated rings. The van der Waals surface area contributed by atoms with Gasteiger partial charge >= 0.3 is 6.09 Å². The van der Waals surface area contributed by atoms with Gasteiger partial charge in [0, 0.05) is 37.3 Å². The fraction of sp³-hybridized carbons (Fsp3) is 0.750. The first kappa shape index (κ1) is 19.7. The van der Waals surface area contributed by atoms with E-state index in [1.807, 2.05) is 27.8 Å². The fourth-order valence-corrected chi connectivity index (χ4v) is 3.93. The lowest BCUT2D eigenvalue weighted by molar-refractivity contribution is 0.0221. The second kappa shape index (κ2) is 7.90. The Labute approximate surface area is 161 Å². The van der Waals surface area contributed by atoms with Crippen LogP contribution in [0.25, 0.3) is 0 Å². The van der Waals surface area contributed by atoms with E-state index < -0.39 is 5.60 Å². The van der Waals surface area contributed by atoms with E-state index in [-0.39, 0.29) is 18.0 Å². The highest BCUT2D eigenvalue weighted by atomic mass is 16.6. The van der Waals surface area contributed by atoms with Gasteiger partial charge in [0.1, 0.15) is 5.60 Å². The van der Waals surface area contributed by atoms with E-state index >= 15 is 0 Å². The average molecular weight is 377 g/mol. The Morgan fingerprint density at radius 3 is 2.44 bits per heavy atom. The smallest absolute Gasteiger partial charge is 0.410 e. The lowest BCUT2D eigenvalue weighted by Crippen LogP contribution is -2.41. The Bertz CT molecular complexity index is 697. The van der Waals surface area contributed by atoms with Crippen LogP contribution in [0.2, 0.25) is 0 Å². The zero-order valence-corrected chi connectivity index (χ0v) is 17.0. The number of aryl methyl sites for hydroxylation is 1. The Hall–Kier alpha value is -2.05. The number of amides is 2. The van der Waals surface area contributed by atoms with E-state index in [1.54, 1.807) is 9.58 Å². The summed E-state index contributed by atoms with van der Waals surface area (Å²) in [6.45, 7) is 6.51. The van der Waals surface area contributed by atoms with Crippen LogP contribution in [0.1, 0.15) is 81.0 Å². The Morgan fingerprint density at radius 2 is 1.81 bits per heavy atom. The van der Waals surface area contributed by atoms with Crippen molar-refractivity contribution in [3.05, 3.63) is 17.0 Å². The lowest BCUT2D eigenvalue weighted by atomic mass is 10.0. The predicted molar refractivity (Wildman–Crippen MR) is 103 cm³/mol. The number of fused-ring (bicyclic) bond motifs is 1. The number of carbonyl (C=O) groups excluding carboxylic acids is 2. The molecule has 0 radical (unpaired) electrons. The quantitative estimate of drug-likeness (QED) is 0.805. The number of carbonyl (C=O) groups is 2. The summed E-state index contributed by atoms with van der Waals surface area (Å²) >= 11 is 0. The third-order valence-corrected chi connectivity index (χ3v) is 5.30. The van der Waals surface area contributed by atoms with Crippen LogP contribution in [-0.2, 0) is 24.8 Å². The average Bonchev–Trinajstić information content (AvgIpc) is 2.75. The second-order valence-electron chi connectivity index (χ2n) is 8.71. The molecule has 2 aliphatic rings. The summed E-state index contributed by atoms with van der Waals surface area (Å²) in [5.74, 6) is -0.121. The van der Waals surface area contributed by atoms with Crippen LogP contribution < -0.4 is 5.32 Å². The molecule has 2 heterocycles. The summed E-state index contributed by atoms with van der Waals surface area (Å²) in [6.07, 6.45) is 7.22. The van der Waals surface area contributed by atoms with Gasteiger partial charge in [-0.25, -0.2) is 4.79 Å².